The number of aromatic nitrogens is 3. The van der Waals surface area contributed by atoms with Crippen molar-refractivity contribution in [1.29, 1.82) is 0 Å². The number of hydrogen-bond acceptors (Lipinski definition) is 5. The molecule has 2 aliphatic rings. The molecule has 4 N–H and O–H groups in total. The van der Waals surface area contributed by atoms with Crippen LogP contribution in [0.15, 0.2) is 18.2 Å². The second-order valence-electron chi connectivity index (χ2n) is 6.91. The molecule has 1 aromatic carbocycles. The smallest absolute Gasteiger partial charge is 0.239 e. The van der Waals surface area contributed by atoms with Crippen molar-refractivity contribution in [2.45, 2.75) is 44.6 Å². The van der Waals surface area contributed by atoms with Gasteiger partial charge in [0.1, 0.15) is 5.82 Å². The molecule has 0 amide bonds. The molecule has 0 saturated carbocycles. The largest absolute Gasteiger partial charge is 0.371 e. The van der Waals surface area contributed by atoms with E-state index in [1.54, 1.807) is 11.1 Å². The molecule has 0 bridgehead atoms. The van der Waals surface area contributed by atoms with Gasteiger partial charge in [-0.2, -0.15) is 4.98 Å². The van der Waals surface area contributed by atoms with Crippen LogP contribution in [0.5, 0.6) is 0 Å². The van der Waals surface area contributed by atoms with Crippen LogP contribution in [0.3, 0.4) is 0 Å². The van der Waals surface area contributed by atoms with Gasteiger partial charge in [0.25, 0.3) is 0 Å². The van der Waals surface area contributed by atoms with E-state index in [9.17, 15) is 0 Å². The second-order valence-corrected chi connectivity index (χ2v) is 6.91. The van der Waals surface area contributed by atoms with E-state index >= 15 is 0 Å². The predicted octanol–water partition coefficient (Wildman–Crippen LogP) is 1.68. The lowest BCUT2D eigenvalue weighted by atomic mass is 10.0. The van der Waals surface area contributed by atoms with E-state index in [0.29, 0.717) is 12.0 Å². The molecule has 1 saturated heterocycles. The number of piperidine rings is 1. The maximum atomic E-state index is 5.52. The topological polar surface area (TPSA) is 82.9 Å². The highest BCUT2D eigenvalue weighted by atomic mass is 15.3. The SMILES string of the molecule is Nc1n[nH]c(CCNC2CCN(c3ccc4c(c3)CCC4)CC2)n1. The fraction of sp³-hybridized carbons (Fsp3) is 0.556. The Balaban J connectivity index is 1.24. The summed E-state index contributed by atoms with van der Waals surface area (Å²) >= 11 is 0. The third-order valence-electron chi connectivity index (χ3n) is 5.29. The van der Waals surface area contributed by atoms with Crippen LogP contribution >= 0.6 is 0 Å². The molecule has 4 rings (SSSR count). The molecule has 0 atom stereocenters. The molecule has 2 heterocycles. The monoisotopic (exact) mass is 326 g/mol. The summed E-state index contributed by atoms with van der Waals surface area (Å²) in [5, 5.41) is 10.4. The highest BCUT2D eigenvalue weighted by Crippen LogP contribution is 2.28. The maximum Gasteiger partial charge on any atom is 0.239 e. The molecule has 0 spiro atoms. The number of nitrogens with zero attached hydrogens (tertiary/aromatic N) is 3. The van der Waals surface area contributed by atoms with Crippen LogP contribution in [0.2, 0.25) is 0 Å². The number of nitrogens with two attached hydrogens (primary N) is 1. The first-order chi connectivity index (χ1) is 11.8. The number of H-pyrrole nitrogens is 1. The van der Waals surface area contributed by atoms with Gasteiger partial charge in [0.2, 0.25) is 5.95 Å². The maximum absolute atomic E-state index is 5.52. The molecule has 1 aliphatic heterocycles. The number of aromatic amines is 1. The molecular weight excluding hydrogens is 300 g/mol. The predicted molar refractivity (Wildman–Crippen MR) is 96.2 cm³/mol. The van der Waals surface area contributed by atoms with Gasteiger partial charge in [0.05, 0.1) is 0 Å². The minimum Gasteiger partial charge on any atom is -0.371 e. The number of anilines is 2. The molecule has 0 radical (unpaired) electrons. The second kappa shape index (κ2) is 6.81. The van der Waals surface area contributed by atoms with Gasteiger partial charge in [-0.3, -0.25) is 5.10 Å². The summed E-state index contributed by atoms with van der Waals surface area (Å²) in [6, 6.07) is 7.66. The Morgan fingerprint density at radius 3 is 2.83 bits per heavy atom. The van der Waals surface area contributed by atoms with Crippen LogP contribution in [-0.4, -0.2) is 40.9 Å². The van der Waals surface area contributed by atoms with Gasteiger partial charge >= 0.3 is 0 Å². The van der Waals surface area contributed by atoms with Gasteiger partial charge < -0.3 is 16.0 Å². The van der Waals surface area contributed by atoms with Crippen molar-refractivity contribution in [3.63, 3.8) is 0 Å². The fourth-order valence-corrected chi connectivity index (χ4v) is 3.91. The molecule has 1 aromatic heterocycles. The standard InChI is InChI=1S/C18H26N6/c19-18-21-17(22-23-18)6-9-20-15-7-10-24(11-8-15)16-5-4-13-2-1-3-14(13)12-16/h4-5,12,15,20H,1-3,6-11H2,(H3,19,21,22,23). The Bertz CT molecular complexity index is 687. The Kier molecular flexibility index (Phi) is 4.38. The van der Waals surface area contributed by atoms with Crippen molar-refractivity contribution >= 4 is 11.6 Å². The van der Waals surface area contributed by atoms with Crippen LogP contribution < -0.4 is 16.0 Å². The van der Waals surface area contributed by atoms with E-state index in [1.165, 1.54) is 37.8 Å². The highest BCUT2D eigenvalue weighted by molar-refractivity contribution is 5.52. The normalized spacial score (nSPS) is 18.1. The zero-order chi connectivity index (χ0) is 16.4. The van der Waals surface area contributed by atoms with Crippen LogP contribution in [0.4, 0.5) is 11.6 Å². The fourth-order valence-electron chi connectivity index (χ4n) is 3.91. The van der Waals surface area contributed by atoms with E-state index < -0.39 is 0 Å². The number of fused-ring (bicyclic) bond motifs is 1. The van der Waals surface area contributed by atoms with Crippen molar-refractivity contribution in [2.24, 2.45) is 0 Å². The summed E-state index contributed by atoms with van der Waals surface area (Å²) in [5.74, 6) is 1.18. The first-order valence-corrected chi connectivity index (χ1v) is 9.05. The lowest BCUT2D eigenvalue weighted by Gasteiger charge is -2.34. The van der Waals surface area contributed by atoms with Crippen LogP contribution in [-0.2, 0) is 19.3 Å². The number of nitrogens with one attached hydrogen (secondary N) is 2. The van der Waals surface area contributed by atoms with Crippen molar-refractivity contribution in [2.75, 3.05) is 30.3 Å². The van der Waals surface area contributed by atoms with E-state index in [2.05, 4.69) is 43.6 Å². The van der Waals surface area contributed by atoms with Gasteiger partial charge in [0.15, 0.2) is 0 Å². The molecule has 2 aromatic rings. The summed E-state index contributed by atoms with van der Waals surface area (Å²) in [7, 11) is 0. The van der Waals surface area contributed by atoms with Crippen LogP contribution in [0, 0.1) is 0 Å². The first-order valence-electron chi connectivity index (χ1n) is 9.05. The quantitative estimate of drug-likeness (QED) is 0.779. The zero-order valence-corrected chi connectivity index (χ0v) is 14.1. The van der Waals surface area contributed by atoms with Gasteiger partial charge in [0, 0.05) is 37.8 Å². The molecule has 6 nitrogen and oxygen atoms in total. The lowest BCUT2D eigenvalue weighted by Crippen LogP contribution is -2.43. The summed E-state index contributed by atoms with van der Waals surface area (Å²) in [6.07, 6.45) is 7.06. The Labute approximate surface area is 142 Å². The number of nitrogen functional groups attached to an aromatic ring is 1. The van der Waals surface area contributed by atoms with E-state index in [1.807, 2.05) is 0 Å². The summed E-state index contributed by atoms with van der Waals surface area (Å²) in [5.41, 5.74) is 10.1. The van der Waals surface area contributed by atoms with E-state index in [-0.39, 0.29) is 0 Å². The Morgan fingerprint density at radius 2 is 2.04 bits per heavy atom. The van der Waals surface area contributed by atoms with E-state index in [4.69, 9.17) is 5.73 Å². The Morgan fingerprint density at radius 1 is 1.21 bits per heavy atom. The summed E-state index contributed by atoms with van der Waals surface area (Å²) < 4.78 is 0. The average molecular weight is 326 g/mol. The molecule has 1 fully saturated rings. The molecule has 128 valence electrons. The summed E-state index contributed by atoms with van der Waals surface area (Å²) in [6.45, 7) is 3.18. The van der Waals surface area contributed by atoms with Crippen LogP contribution in [0.1, 0.15) is 36.2 Å². The van der Waals surface area contributed by atoms with Crippen molar-refractivity contribution in [3.8, 4) is 0 Å². The number of aryl methyl sites for hydroxylation is 2. The molecular formula is C18H26N6. The summed E-state index contributed by atoms with van der Waals surface area (Å²) in [4.78, 5) is 6.67. The third kappa shape index (κ3) is 3.38. The third-order valence-corrected chi connectivity index (χ3v) is 5.29. The highest BCUT2D eigenvalue weighted by Gasteiger charge is 2.20. The lowest BCUT2D eigenvalue weighted by molar-refractivity contribution is 0.416. The van der Waals surface area contributed by atoms with Gasteiger partial charge in [-0.05, 0) is 55.4 Å². The minimum atomic E-state index is 0.327. The minimum absolute atomic E-state index is 0.327. The van der Waals surface area contributed by atoms with Crippen molar-refractivity contribution in [3.05, 3.63) is 35.2 Å². The van der Waals surface area contributed by atoms with E-state index in [0.717, 1.165) is 31.9 Å². The van der Waals surface area contributed by atoms with Crippen LogP contribution in [0.25, 0.3) is 0 Å². The number of hydrogen-bond donors (Lipinski definition) is 3. The molecule has 1 aliphatic carbocycles. The number of benzene rings is 1. The van der Waals surface area contributed by atoms with Gasteiger partial charge in [-0.25, -0.2) is 0 Å². The molecule has 6 heteroatoms. The Hall–Kier alpha value is -2.08. The number of rotatable bonds is 5. The van der Waals surface area contributed by atoms with Crippen molar-refractivity contribution in [1.82, 2.24) is 20.5 Å². The van der Waals surface area contributed by atoms with Crippen molar-refractivity contribution < 1.29 is 0 Å². The zero-order valence-electron chi connectivity index (χ0n) is 14.1. The molecule has 0 unspecified atom stereocenters. The first kappa shape index (κ1) is 15.4. The van der Waals surface area contributed by atoms with Gasteiger partial charge in [-0.1, -0.05) is 6.07 Å². The average Bonchev–Trinajstić information content (AvgIpc) is 3.23. The van der Waals surface area contributed by atoms with Gasteiger partial charge in [-0.15, -0.1) is 5.10 Å². The molecule has 24 heavy (non-hydrogen) atoms.